The maximum Gasteiger partial charge on any atom is 0.233 e. The zero-order valence-electron chi connectivity index (χ0n) is 21.9. The number of H-pyrrole nitrogens is 2. The first kappa shape index (κ1) is 21.2. The Balaban J connectivity index is 0.917. The van der Waals surface area contributed by atoms with E-state index in [-0.39, 0.29) is 34.2 Å². The van der Waals surface area contributed by atoms with Gasteiger partial charge in [-0.25, -0.2) is 0 Å². The van der Waals surface area contributed by atoms with Gasteiger partial charge in [-0.05, 0) is 80.0 Å². The first-order valence-electron chi connectivity index (χ1n) is 14.2. The molecule has 2 aromatic rings. The van der Waals surface area contributed by atoms with Crippen LogP contribution in [-0.4, -0.2) is 56.2 Å². The van der Waals surface area contributed by atoms with E-state index in [0.717, 1.165) is 46.5 Å². The Labute approximate surface area is 224 Å². The average molecular weight is 521 g/mol. The van der Waals surface area contributed by atoms with Crippen LogP contribution in [0.5, 0.6) is 0 Å². The molecule has 39 heavy (non-hydrogen) atoms. The number of likely N-dealkylation sites (tertiary alicyclic amines) is 2. The Kier molecular flexibility index (Phi) is 3.13. The second-order valence-electron chi connectivity index (χ2n) is 13.9. The van der Waals surface area contributed by atoms with E-state index in [1.54, 1.807) is 12.2 Å². The Morgan fingerprint density at radius 1 is 0.744 bits per heavy atom. The van der Waals surface area contributed by atoms with E-state index < -0.39 is 10.8 Å². The molecule has 8 nitrogen and oxygen atoms in total. The second-order valence-corrected chi connectivity index (χ2v) is 13.9. The number of hydrogen-bond acceptors (Lipinski definition) is 4. The fourth-order valence-corrected chi connectivity index (χ4v) is 10.3. The van der Waals surface area contributed by atoms with Gasteiger partial charge in [0.1, 0.15) is 0 Å². The number of carbonyl (C=O) groups is 4. The minimum atomic E-state index is -0.494. The van der Waals surface area contributed by atoms with Crippen molar-refractivity contribution in [1.82, 2.24) is 19.8 Å². The number of fused-ring (bicyclic) bond motifs is 2. The first-order valence-corrected chi connectivity index (χ1v) is 14.2. The first-order chi connectivity index (χ1) is 18.7. The molecule has 2 aromatic heterocycles. The van der Waals surface area contributed by atoms with E-state index in [9.17, 15) is 19.2 Å². The van der Waals surface area contributed by atoms with Crippen LogP contribution in [0.3, 0.4) is 0 Å². The van der Waals surface area contributed by atoms with Crippen LogP contribution in [0.25, 0.3) is 0 Å². The molecule has 4 atom stereocenters. The molecule has 2 N–H and O–H groups in total. The van der Waals surface area contributed by atoms with Crippen molar-refractivity contribution in [3.63, 3.8) is 0 Å². The molecule has 2 aliphatic heterocycles. The van der Waals surface area contributed by atoms with E-state index in [4.69, 9.17) is 0 Å². The maximum atomic E-state index is 14.0. The molecule has 2 unspecified atom stereocenters. The third-order valence-electron chi connectivity index (χ3n) is 12.0. The van der Waals surface area contributed by atoms with Crippen LogP contribution in [0.2, 0.25) is 0 Å². The molecule has 7 fully saturated rings. The van der Waals surface area contributed by atoms with Crippen LogP contribution in [0.15, 0.2) is 35.9 Å². The minimum Gasteiger partial charge on any atom is -0.358 e. The fourth-order valence-electron chi connectivity index (χ4n) is 10.3. The van der Waals surface area contributed by atoms with Gasteiger partial charge < -0.3 is 19.8 Å². The number of aryl methyl sites for hydroxylation is 2. The third-order valence-corrected chi connectivity index (χ3v) is 12.0. The SMILES string of the molecule is Cc1c[nH]c2c1C13C[C@@H]1CN(C(=O)C14CC(C(=O)N5C[C@H]6CC67C5=CC(=O)c5[nH]cc(C)c57)(C1)C4)C3=CC2=O. The van der Waals surface area contributed by atoms with Gasteiger partial charge in [-0.3, -0.25) is 19.2 Å². The van der Waals surface area contributed by atoms with Crippen molar-refractivity contribution >= 4 is 23.4 Å². The predicted molar refractivity (Wildman–Crippen MR) is 138 cm³/mol. The number of carbonyl (C=O) groups excluding carboxylic acids is 4. The molecule has 9 aliphatic rings. The summed E-state index contributed by atoms with van der Waals surface area (Å²) >= 11 is 0. The fraction of sp³-hybridized carbons (Fsp3) is 0.484. The summed E-state index contributed by atoms with van der Waals surface area (Å²) in [5, 5.41) is 0. The number of amides is 2. The number of rotatable bonds is 2. The molecule has 2 spiro atoms. The molecule has 2 bridgehead atoms. The summed E-state index contributed by atoms with van der Waals surface area (Å²) in [5.74, 6) is 0.820. The van der Waals surface area contributed by atoms with Crippen molar-refractivity contribution < 1.29 is 19.2 Å². The Bertz CT molecular complexity index is 1610. The number of piperidine rings is 2. The zero-order valence-corrected chi connectivity index (χ0v) is 21.9. The lowest BCUT2D eigenvalue weighted by molar-refractivity contribution is -0.219. The highest BCUT2D eigenvalue weighted by atomic mass is 16.2. The number of ketones is 2. The topological polar surface area (TPSA) is 106 Å². The van der Waals surface area contributed by atoms with Gasteiger partial charge in [0, 0.05) is 59.9 Å². The van der Waals surface area contributed by atoms with Crippen molar-refractivity contribution in [1.29, 1.82) is 0 Å². The molecule has 2 amide bonds. The minimum absolute atomic E-state index is 0.0500. The average Bonchev–Trinajstić information content (AvgIpc) is 3.45. The molecule has 196 valence electrons. The Morgan fingerprint density at radius 3 is 1.56 bits per heavy atom. The van der Waals surface area contributed by atoms with E-state index in [1.165, 1.54) is 0 Å². The summed E-state index contributed by atoms with van der Waals surface area (Å²) in [5.41, 5.74) is 6.12. The molecule has 4 heterocycles. The van der Waals surface area contributed by atoms with E-state index >= 15 is 0 Å². The number of nitrogens with one attached hydrogen (secondary N) is 2. The largest absolute Gasteiger partial charge is 0.358 e. The normalized spacial score (nSPS) is 40.8. The Morgan fingerprint density at radius 2 is 1.15 bits per heavy atom. The van der Waals surface area contributed by atoms with Crippen molar-refractivity contribution in [3.8, 4) is 0 Å². The maximum absolute atomic E-state index is 14.0. The smallest absolute Gasteiger partial charge is 0.233 e. The summed E-state index contributed by atoms with van der Waals surface area (Å²) in [7, 11) is 0. The summed E-state index contributed by atoms with van der Waals surface area (Å²) in [4.78, 5) is 63.9. The van der Waals surface area contributed by atoms with Gasteiger partial charge >= 0.3 is 0 Å². The standard InChI is InChI=1S/C31H28N4O4/c1-14-7-32-24-18(36)3-20-30(22(14)24)5-16(30)9-34(20)26(38)28-11-29(12-28,13-28)27(39)35-10-17-6-31(17)21(35)4-19(37)25-23(31)15(2)8-33-25/h3-4,7-8,16-17,32-33H,5-6,9-13H2,1-2H3/t16-,17-,28?,29?,30?,31?/m1/s1. The van der Waals surface area contributed by atoms with Crippen molar-refractivity contribution in [3.05, 3.63) is 69.6 Å². The highest BCUT2D eigenvalue weighted by molar-refractivity contribution is 6.10. The monoisotopic (exact) mass is 520 g/mol. The zero-order chi connectivity index (χ0) is 26.4. The van der Waals surface area contributed by atoms with E-state index in [0.29, 0.717) is 55.6 Å². The highest BCUT2D eigenvalue weighted by Gasteiger charge is 2.79. The van der Waals surface area contributed by atoms with Crippen molar-refractivity contribution in [2.75, 3.05) is 13.1 Å². The van der Waals surface area contributed by atoms with Gasteiger partial charge in [-0.15, -0.1) is 0 Å². The number of aromatic amines is 2. The molecule has 0 aromatic carbocycles. The van der Waals surface area contributed by atoms with E-state index in [2.05, 4.69) is 9.97 Å². The molecule has 0 radical (unpaired) electrons. The van der Waals surface area contributed by atoms with Crippen LogP contribution in [0.4, 0.5) is 0 Å². The molecule has 11 rings (SSSR count). The highest BCUT2D eigenvalue weighted by Crippen LogP contribution is 2.77. The van der Waals surface area contributed by atoms with Crippen molar-refractivity contribution in [2.24, 2.45) is 22.7 Å². The quantitative estimate of drug-likeness (QED) is 0.634. The molecule has 2 saturated heterocycles. The molecule has 8 heteroatoms. The van der Waals surface area contributed by atoms with Crippen molar-refractivity contribution in [2.45, 2.75) is 56.8 Å². The number of aromatic nitrogens is 2. The molecule has 7 aliphatic carbocycles. The lowest BCUT2D eigenvalue weighted by atomic mass is 9.34. The van der Waals surface area contributed by atoms with Crippen LogP contribution in [0, 0.1) is 36.5 Å². The van der Waals surface area contributed by atoms with Gasteiger partial charge in [-0.1, -0.05) is 0 Å². The summed E-state index contributed by atoms with van der Waals surface area (Å²) in [6.45, 7) is 5.40. The number of hydrogen-bond donors (Lipinski definition) is 2. The number of allylic oxidation sites excluding steroid dienone is 4. The van der Waals surface area contributed by atoms with Crippen LogP contribution in [-0.2, 0) is 20.4 Å². The second kappa shape index (κ2) is 5.76. The molecular weight excluding hydrogens is 492 g/mol. The van der Waals surface area contributed by atoms with Gasteiger partial charge in [0.2, 0.25) is 23.4 Å². The summed E-state index contributed by atoms with van der Waals surface area (Å²) in [6.07, 6.45) is 10.9. The lowest BCUT2D eigenvalue weighted by Gasteiger charge is -2.69. The Hall–Kier alpha value is -3.68. The van der Waals surface area contributed by atoms with Crippen LogP contribution < -0.4 is 0 Å². The summed E-state index contributed by atoms with van der Waals surface area (Å²) < 4.78 is 0. The summed E-state index contributed by atoms with van der Waals surface area (Å²) in [6, 6.07) is 0. The predicted octanol–water partition coefficient (Wildman–Crippen LogP) is 3.19. The molecule has 5 saturated carbocycles. The van der Waals surface area contributed by atoms with Gasteiger partial charge in [0.15, 0.2) is 0 Å². The van der Waals surface area contributed by atoms with Gasteiger partial charge in [0.05, 0.1) is 22.2 Å². The third kappa shape index (κ3) is 1.99. The van der Waals surface area contributed by atoms with Gasteiger partial charge in [0.25, 0.3) is 0 Å². The van der Waals surface area contributed by atoms with Crippen LogP contribution in [0.1, 0.15) is 75.3 Å². The van der Waals surface area contributed by atoms with E-state index in [1.807, 2.05) is 36.0 Å². The lowest BCUT2D eigenvalue weighted by Crippen LogP contribution is -2.72. The molecular formula is C31H28N4O4. The van der Waals surface area contributed by atoms with Gasteiger partial charge in [-0.2, -0.15) is 0 Å². The van der Waals surface area contributed by atoms with Crippen LogP contribution >= 0.6 is 0 Å². The number of nitrogens with zero attached hydrogens (tertiary/aromatic N) is 2.